The first-order valence-electron chi connectivity index (χ1n) is 12.9. The SMILES string of the molecule is C[C@H](Oc1cc(-n2nc(C(F)(F)F)c3c2C(OC24CC(C2)C4)CCC3)ccn1)c1ccc2c(c1)OC(F)(F)O2. The van der Waals surface area contributed by atoms with Gasteiger partial charge in [-0.1, -0.05) is 6.07 Å². The third kappa shape index (κ3) is 4.19. The van der Waals surface area contributed by atoms with Crippen LogP contribution in [0.15, 0.2) is 36.5 Å². The zero-order chi connectivity index (χ0) is 27.2. The molecule has 8 rings (SSSR count). The van der Waals surface area contributed by atoms with Crippen LogP contribution in [-0.4, -0.2) is 26.7 Å². The summed E-state index contributed by atoms with van der Waals surface area (Å²) in [7, 11) is 0. The van der Waals surface area contributed by atoms with Crippen molar-refractivity contribution in [3.05, 3.63) is 59.0 Å². The average molecular weight is 549 g/mol. The van der Waals surface area contributed by atoms with E-state index in [4.69, 9.17) is 9.47 Å². The van der Waals surface area contributed by atoms with Gasteiger partial charge >= 0.3 is 12.5 Å². The van der Waals surface area contributed by atoms with Gasteiger partial charge in [-0.3, -0.25) is 0 Å². The molecule has 12 heteroatoms. The Morgan fingerprint density at radius 3 is 2.56 bits per heavy atom. The van der Waals surface area contributed by atoms with Crippen LogP contribution in [0.1, 0.15) is 73.8 Å². The zero-order valence-electron chi connectivity index (χ0n) is 20.8. The number of ether oxygens (including phenoxy) is 4. The van der Waals surface area contributed by atoms with Crippen molar-refractivity contribution in [3.8, 4) is 23.1 Å². The van der Waals surface area contributed by atoms with Crippen LogP contribution in [0.25, 0.3) is 5.69 Å². The van der Waals surface area contributed by atoms with Crippen molar-refractivity contribution in [3.63, 3.8) is 0 Å². The molecule has 2 atom stereocenters. The number of rotatable bonds is 6. The van der Waals surface area contributed by atoms with Crippen molar-refractivity contribution in [2.75, 3.05) is 0 Å². The summed E-state index contributed by atoms with van der Waals surface area (Å²) < 4.78 is 91.5. The second kappa shape index (κ2) is 8.30. The molecule has 0 N–H and O–H groups in total. The molecule has 0 radical (unpaired) electrons. The largest absolute Gasteiger partial charge is 0.586 e. The minimum Gasteiger partial charge on any atom is -0.470 e. The van der Waals surface area contributed by atoms with Crippen molar-refractivity contribution < 1.29 is 40.9 Å². The lowest BCUT2D eigenvalue weighted by Crippen LogP contribution is -2.60. The lowest BCUT2D eigenvalue weighted by molar-refractivity contribution is -0.286. The molecule has 0 amide bonds. The molecule has 5 aliphatic rings. The Kier molecular flexibility index (Phi) is 5.24. The van der Waals surface area contributed by atoms with Gasteiger partial charge in [-0.25, -0.2) is 9.67 Å². The second-order valence-electron chi connectivity index (χ2n) is 10.8. The molecule has 4 aliphatic carbocycles. The summed E-state index contributed by atoms with van der Waals surface area (Å²) in [6.07, 6.45) is -3.68. The summed E-state index contributed by atoms with van der Waals surface area (Å²) in [5.74, 6) is 0.600. The van der Waals surface area contributed by atoms with Crippen LogP contribution in [-0.2, 0) is 17.3 Å². The van der Waals surface area contributed by atoms with Gasteiger partial charge in [-0.05, 0) is 75.1 Å². The fourth-order valence-corrected chi connectivity index (χ4v) is 6.09. The molecule has 1 unspecified atom stereocenters. The van der Waals surface area contributed by atoms with Crippen LogP contribution >= 0.6 is 0 Å². The van der Waals surface area contributed by atoms with Gasteiger partial charge in [0.25, 0.3) is 0 Å². The highest BCUT2D eigenvalue weighted by molar-refractivity contribution is 5.46. The Hall–Kier alpha value is -3.41. The maximum Gasteiger partial charge on any atom is 0.586 e. The van der Waals surface area contributed by atoms with Crippen LogP contribution in [0.5, 0.6) is 17.4 Å². The third-order valence-electron chi connectivity index (χ3n) is 8.02. The smallest absolute Gasteiger partial charge is 0.470 e. The van der Waals surface area contributed by atoms with Crippen molar-refractivity contribution in [1.29, 1.82) is 0 Å². The summed E-state index contributed by atoms with van der Waals surface area (Å²) in [5, 5.41) is 4.03. The Labute approximate surface area is 219 Å². The molecule has 1 aromatic carbocycles. The van der Waals surface area contributed by atoms with E-state index in [2.05, 4.69) is 19.6 Å². The molecular weight excluding hydrogens is 525 g/mol. The second-order valence-corrected chi connectivity index (χ2v) is 10.8. The molecular formula is C27H24F5N3O4. The molecule has 3 heterocycles. The Morgan fingerprint density at radius 1 is 1.08 bits per heavy atom. The Balaban J connectivity index is 1.19. The van der Waals surface area contributed by atoms with E-state index < -0.39 is 30.4 Å². The topological polar surface area (TPSA) is 67.6 Å². The number of alkyl halides is 5. The number of pyridine rings is 1. The van der Waals surface area contributed by atoms with E-state index in [0.717, 1.165) is 19.3 Å². The van der Waals surface area contributed by atoms with Gasteiger partial charge in [0, 0.05) is 17.8 Å². The van der Waals surface area contributed by atoms with Crippen LogP contribution in [0, 0.1) is 5.92 Å². The van der Waals surface area contributed by atoms with Crippen LogP contribution in [0.2, 0.25) is 0 Å². The van der Waals surface area contributed by atoms with Crippen molar-refractivity contribution in [2.45, 2.75) is 75.7 Å². The van der Waals surface area contributed by atoms with Gasteiger partial charge in [-0.15, -0.1) is 8.78 Å². The van der Waals surface area contributed by atoms with Gasteiger partial charge in [0.2, 0.25) is 5.88 Å². The van der Waals surface area contributed by atoms with E-state index in [9.17, 15) is 22.0 Å². The molecule has 0 saturated heterocycles. The molecule has 206 valence electrons. The molecule has 3 saturated carbocycles. The number of nitrogens with zero attached hydrogens (tertiary/aromatic N) is 3. The lowest BCUT2D eigenvalue weighted by atomic mass is 9.52. The Morgan fingerprint density at radius 2 is 1.85 bits per heavy atom. The molecule has 2 aromatic heterocycles. The van der Waals surface area contributed by atoms with Gasteiger partial charge in [0.15, 0.2) is 17.2 Å². The Bertz CT molecular complexity index is 1440. The summed E-state index contributed by atoms with van der Waals surface area (Å²) in [4.78, 5) is 4.21. The van der Waals surface area contributed by atoms with Crippen LogP contribution in [0.4, 0.5) is 22.0 Å². The highest BCUT2D eigenvalue weighted by Gasteiger charge is 2.59. The average Bonchev–Trinajstić information content (AvgIpc) is 3.37. The molecule has 3 aromatic rings. The predicted octanol–water partition coefficient (Wildman–Crippen LogP) is 6.69. The van der Waals surface area contributed by atoms with E-state index >= 15 is 0 Å². The molecule has 39 heavy (non-hydrogen) atoms. The van der Waals surface area contributed by atoms with E-state index in [1.807, 2.05) is 0 Å². The van der Waals surface area contributed by atoms with E-state index in [1.165, 1.54) is 29.1 Å². The fourth-order valence-electron chi connectivity index (χ4n) is 6.09. The normalized spacial score (nSPS) is 26.8. The standard InChI is InChI=1S/C27H24F5N3O4/c1-14(16-5-6-19-21(9-16)39-27(31,32)38-19)36-22-10-17(7-8-33-22)35-23-18(24(34-35)26(28,29)30)3-2-4-20(23)37-25-11-15(12-25)13-25/h5-10,14-15,20H,2-4,11-13H2,1H3/t14-,15?,20?,25?/m0/s1. The predicted molar refractivity (Wildman–Crippen MR) is 125 cm³/mol. The van der Waals surface area contributed by atoms with Gasteiger partial charge in [0.1, 0.15) is 12.2 Å². The minimum atomic E-state index is -4.61. The van der Waals surface area contributed by atoms with Crippen LogP contribution in [0.3, 0.4) is 0 Å². The van der Waals surface area contributed by atoms with E-state index in [1.54, 1.807) is 19.1 Å². The van der Waals surface area contributed by atoms with Gasteiger partial charge in [0.05, 0.1) is 17.0 Å². The molecule has 2 bridgehead atoms. The highest BCUT2D eigenvalue weighted by Crippen LogP contribution is 2.61. The first-order chi connectivity index (χ1) is 18.5. The first-order valence-corrected chi connectivity index (χ1v) is 12.9. The number of aromatic nitrogens is 3. The minimum absolute atomic E-state index is 0.0874. The highest BCUT2D eigenvalue weighted by atomic mass is 19.4. The summed E-state index contributed by atoms with van der Waals surface area (Å²) >= 11 is 0. The van der Waals surface area contributed by atoms with E-state index in [0.29, 0.717) is 35.7 Å². The van der Waals surface area contributed by atoms with Crippen molar-refractivity contribution in [1.82, 2.24) is 14.8 Å². The summed E-state index contributed by atoms with van der Waals surface area (Å²) in [6.45, 7) is 1.69. The van der Waals surface area contributed by atoms with Gasteiger partial charge in [-0.2, -0.15) is 18.3 Å². The molecule has 3 fully saturated rings. The van der Waals surface area contributed by atoms with Crippen molar-refractivity contribution in [2.24, 2.45) is 5.92 Å². The number of hydrogen-bond acceptors (Lipinski definition) is 6. The molecule has 7 nitrogen and oxygen atoms in total. The summed E-state index contributed by atoms with van der Waals surface area (Å²) in [5.41, 5.74) is 0.375. The quantitative estimate of drug-likeness (QED) is 0.319. The maximum atomic E-state index is 14.0. The monoisotopic (exact) mass is 549 g/mol. The first kappa shape index (κ1) is 24.6. The fraction of sp³-hybridized carbons (Fsp3) is 0.481. The lowest BCUT2D eigenvalue weighted by Gasteiger charge is -2.62. The number of halogens is 5. The summed E-state index contributed by atoms with van der Waals surface area (Å²) in [6, 6.07) is 7.38. The number of fused-ring (bicyclic) bond motifs is 2. The molecule has 1 aliphatic heterocycles. The number of hydrogen-bond donors (Lipinski definition) is 0. The van der Waals surface area contributed by atoms with Crippen LogP contribution < -0.4 is 14.2 Å². The third-order valence-corrected chi connectivity index (χ3v) is 8.02. The molecule has 0 spiro atoms. The zero-order valence-corrected chi connectivity index (χ0v) is 20.8. The van der Waals surface area contributed by atoms with E-state index in [-0.39, 0.29) is 35.0 Å². The van der Waals surface area contributed by atoms with Crippen molar-refractivity contribution >= 4 is 0 Å². The van der Waals surface area contributed by atoms with Gasteiger partial charge < -0.3 is 18.9 Å². The maximum absolute atomic E-state index is 14.0. The number of benzene rings is 1.